The summed E-state index contributed by atoms with van der Waals surface area (Å²) in [5.41, 5.74) is 8.57. The molecule has 1 fully saturated rings. The molecular formula is C40H54O10Si. The lowest BCUT2D eigenvalue weighted by Gasteiger charge is -2.44. The number of hydrogen-bond acceptors (Lipinski definition) is 10. The van der Waals surface area contributed by atoms with E-state index < -0.39 is 62.5 Å². The molecule has 1 saturated heterocycles. The van der Waals surface area contributed by atoms with Crippen LogP contribution in [0.15, 0.2) is 42.5 Å². The van der Waals surface area contributed by atoms with Crippen LogP contribution in [0.5, 0.6) is 5.75 Å². The van der Waals surface area contributed by atoms with Crippen LogP contribution in [-0.2, 0) is 49.3 Å². The van der Waals surface area contributed by atoms with Gasteiger partial charge in [0.1, 0.15) is 32.6 Å². The second-order valence-electron chi connectivity index (χ2n) is 13.9. The van der Waals surface area contributed by atoms with E-state index in [1.807, 2.05) is 49.4 Å². The maximum Gasteiger partial charge on any atom is 0.303 e. The first-order valence-electron chi connectivity index (χ1n) is 17.7. The zero-order valence-corrected chi connectivity index (χ0v) is 32.9. The topological polar surface area (TPSA) is 124 Å². The van der Waals surface area contributed by atoms with Crippen molar-refractivity contribution in [2.75, 3.05) is 13.2 Å². The van der Waals surface area contributed by atoms with Gasteiger partial charge >= 0.3 is 23.9 Å². The number of ether oxygens (including phenoxy) is 6. The summed E-state index contributed by atoms with van der Waals surface area (Å²) in [6, 6.07) is 13.7. The van der Waals surface area contributed by atoms with E-state index in [0.29, 0.717) is 35.2 Å². The summed E-state index contributed by atoms with van der Waals surface area (Å²) in [4.78, 5) is 49.0. The third-order valence-corrected chi connectivity index (χ3v) is 15.6. The van der Waals surface area contributed by atoms with Crippen LogP contribution in [0.1, 0.15) is 105 Å². The molecule has 2 aromatic rings. The average Bonchev–Trinajstić information content (AvgIpc) is 3.03. The van der Waals surface area contributed by atoms with Crippen LogP contribution in [0.2, 0.25) is 16.6 Å². The second-order valence-corrected chi connectivity index (χ2v) is 19.5. The van der Waals surface area contributed by atoms with Gasteiger partial charge in [0.05, 0.1) is 6.61 Å². The van der Waals surface area contributed by atoms with Gasteiger partial charge in [0.15, 0.2) is 18.3 Å². The van der Waals surface area contributed by atoms with Crippen LogP contribution >= 0.6 is 0 Å². The van der Waals surface area contributed by atoms with E-state index in [4.69, 9.17) is 28.4 Å². The van der Waals surface area contributed by atoms with E-state index in [1.54, 1.807) is 0 Å². The number of carbonyl (C=O) groups is 4. The Kier molecular flexibility index (Phi) is 14.9. The van der Waals surface area contributed by atoms with Crippen molar-refractivity contribution in [3.05, 3.63) is 64.7 Å². The van der Waals surface area contributed by atoms with Crippen LogP contribution in [0.25, 0.3) is 0 Å². The number of hydrogen-bond donors (Lipinski definition) is 0. The van der Waals surface area contributed by atoms with E-state index in [2.05, 4.69) is 53.0 Å². The first-order chi connectivity index (χ1) is 24.0. The Balaban J connectivity index is 2.26. The van der Waals surface area contributed by atoms with Crippen molar-refractivity contribution in [1.82, 2.24) is 0 Å². The lowest BCUT2D eigenvalue weighted by Crippen LogP contribution is -2.59. The minimum absolute atomic E-state index is 0.302. The molecule has 3 rings (SSSR count). The number of carbonyl (C=O) groups excluding carboxylic acids is 4. The van der Waals surface area contributed by atoms with E-state index in [9.17, 15) is 19.2 Å². The van der Waals surface area contributed by atoms with Gasteiger partial charge in [-0.15, -0.1) is 5.54 Å². The summed E-state index contributed by atoms with van der Waals surface area (Å²) in [7, 11) is -2.08. The lowest BCUT2D eigenvalue weighted by atomic mass is 9.88. The average molecular weight is 723 g/mol. The monoisotopic (exact) mass is 722 g/mol. The summed E-state index contributed by atoms with van der Waals surface area (Å²) < 4.78 is 34.5. The number of rotatable bonds is 13. The number of esters is 4. The first-order valence-corrected chi connectivity index (χ1v) is 19.9. The standard InChI is InChI=1S/C40H54O10Si/c1-12-45-35-17-13-31(14-18-35)21-34-22-33(16-15-32(34)19-20-51(24(2)3,25(4)5)26(6)7)37-39(48-29(10)43)40(49-30(11)44)38(47-28(9)42)36(50-37)23-46-27(8)41/h13-18,22,24-26,36-40H,12,21,23H2,1-11H3/t36-,37?,38-,39+,40+/m1/s1. The Bertz CT molecular complexity index is 1560. The first kappa shape index (κ1) is 41.3. The highest BCUT2D eigenvalue weighted by molar-refractivity contribution is 6.90. The van der Waals surface area contributed by atoms with Crippen molar-refractivity contribution in [2.45, 2.75) is 130 Å². The molecule has 10 nitrogen and oxygen atoms in total. The minimum atomic E-state index is -2.08. The molecule has 11 heteroatoms. The van der Waals surface area contributed by atoms with E-state index in [0.717, 1.165) is 22.4 Å². The zero-order chi connectivity index (χ0) is 38.0. The van der Waals surface area contributed by atoms with Gasteiger partial charge < -0.3 is 28.4 Å². The molecule has 1 heterocycles. The van der Waals surface area contributed by atoms with Crippen molar-refractivity contribution in [3.63, 3.8) is 0 Å². The van der Waals surface area contributed by atoms with Gasteiger partial charge in [-0.2, -0.15) is 0 Å². The molecule has 0 amide bonds. The maximum absolute atomic E-state index is 12.5. The molecule has 0 aliphatic carbocycles. The van der Waals surface area contributed by atoms with Gasteiger partial charge in [-0.25, -0.2) is 0 Å². The highest BCUT2D eigenvalue weighted by Gasteiger charge is 2.52. The molecule has 0 spiro atoms. The maximum atomic E-state index is 12.5. The van der Waals surface area contributed by atoms with Gasteiger partial charge in [0.25, 0.3) is 0 Å². The van der Waals surface area contributed by atoms with Crippen LogP contribution < -0.4 is 4.74 Å². The normalized spacial score (nSPS) is 20.3. The third kappa shape index (κ3) is 10.7. The van der Waals surface area contributed by atoms with Crippen molar-refractivity contribution in [1.29, 1.82) is 0 Å². The molecule has 0 aromatic heterocycles. The highest BCUT2D eigenvalue weighted by Crippen LogP contribution is 2.41. The molecule has 2 aromatic carbocycles. The molecule has 278 valence electrons. The third-order valence-electron chi connectivity index (χ3n) is 9.36. The van der Waals surface area contributed by atoms with Gasteiger partial charge in [0.2, 0.25) is 0 Å². The second kappa shape index (κ2) is 18.4. The molecule has 0 saturated carbocycles. The molecule has 0 bridgehead atoms. The Morgan fingerprint density at radius 1 is 0.745 bits per heavy atom. The SMILES string of the molecule is CCOc1ccc(Cc2cc(C3O[C@H](COC(C)=O)[C@@H](OC(C)=O)[C@H](OC(C)=O)[C@H]3OC(C)=O)ccc2C#C[Si](C(C)C)(C(C)C)C(C)C)cc1. The van der Waals surface area contributed by atoms with Crippen molar-refractivity contribution >= 4 is 32.0 Å². The Morgan fingerprint density at radius 3 is 1.80 bits per heavy atom. The summed E-state index contributed by atoms with van der Waals surface area (Å²) in [6.07, 6.45) is -5.23. The Morgan fingerprint density at radius 2 is 1.29 bits per heavy atom. The van der Waals surface area contributed by atoms with Crippen molar-refractivity contribution in [2.24, 2.45) is 0 Å². The largest absolute Gasteiger partial charge is 0.494 e. The summed E-state index contributed by atoms with van der Waals surface area (Å²) >= 11 is 0. The van der Waals surface area contributed by atoms with Crippen LogP contribution in [-0.4, -0.2) is 69.6 Å². The fraction of sp³-hybridized carbons (Fsp3) is 0.550. The smallest absolute Gasteiger partial charge is 0.303 e. The minimum Gasteiger partial charge on any atom is -0.494 e. The molecule has 51 heavy (non-hydrogen) atoms. The van der Waals surface area contributed by atoms with Crippen LogP contribution in [0, 0.1) is 11.5 Å². The van der Waals surface area contributed by atoms with E-state index >= 15 is 0 Å². The summed E-state index contributed by atoms with van der Waals surface area (Å²) in [5.74, 6) is 1.78. The molecule has 1 aliphatic heterocycles. The number of benzene rings is 2. The quantitative estimate of drug-likeness (QED) is 0.0920. The summed E-state index contributed by atoms with van der Waals surface area (Å²) in [6.45, 7) is 20.7. The molecule has 1 aliphatic rings. The van der Waals surface area contributed by atoms with Crippen molar-refractivity contribution in [3.8, 4) is 17.2 Å². The lowest BCUT2D eigenvalue weighted by molar-refractivity contribution is -0.254. The highest BCUT2D eigenvalue weighted by atomic mass is 28.3. The Hall–Kier alpha value is -4.14. The van der Waals surface area contributed by atoms with Crippen LogP contribution in [0.3, 0.4) is 0 Å². The molecule has 0 N–H and O–H groups in total. The molecule has 1 unspecified atom stereocenters. The predicted octanol–water partition coefficient (Wildman–Crippen LogP) is 7.04. The van der Waals surface area contributed by atoms with Gasteiger partial charge in [-0.05, 0) is 64.9 Å². The van der Waals surface area contributed by atoms with Gasteiger partial charge in [-0.1, -0.05) is 71.7 Å². The fourth-order valence-corrected chi connectivity index (χ4v) is 12.5. The van der Waals surface area contributed by atoms with Gasteiger partial charge in [-0.3, -0.25) is 19.2 Å². The molecule has 5 atom stereocenters. The Labute approximate surface area is 303 Å². The van der Waals surface area contributed by atoms with Gasteiger partial charge in [0, 0.05) is 33.3 Å². The zero-order valence-electron chi connectivity index (χ0n) is 31.9. The van der Waals surface area contributed by atoms with E-state index in [1.165, 1.54) is 27.7 Å². The molecular weight excluding hydrogens is 669 g/mol. The fourth-order valence-electron chi connectivity index (χ4n) is 7.25. The predicted molar refractivity (Wildman–Crippen MR) is 196 cm³/mol. The summed E-state index contributed by atoms with van der Waals surface area (Å²) in [5, 5.41) is 0. The van der Waals surface area contributed by atoms with Crippen LogP contribution in [0.4, 0.5) is 0 Å². The van der Waals surface area contributed by atoms with E-state index in [-0.39, 0.29) is 6.61 Å². The van der Waals surface area contributed by atoms with Crippen molar-refractivity contribution < 1.29 is 47.6 Å². The molecule has 0 radical (unpaired) electrons.